The molecule has 0 aromatic carbocycles. The van der Waals surface area contributed by atoms with Gasteiger partial charge in [-0.05, 0) is 43.9 Å². The van der Waals surface area contributed by atoms with Crippen molar-refractivity contribution in [3.8, 4) is 0 Å². The summed E-state index contributed by atoms with van der Waals surface area (Å²) >= 11 is 0. The topological polar surface area (TPSA) is 49.4 Å². The Hall–Kier alpha value is -0.570. The Morgan fingerprint density at radius 2 is 2.12 bits per heavy atom. The lowest BCUT2D eigenvalue weighted by Gasteiger charge is -2.49. The van der Waals surface area contributed by atoms with Crippen molar-refractivity contribution < 1.29 is 14.6 Å². The van der Waals surface area contributed by atoms with Gasteiger partial charge in [-0.3, -0.25) is 0 Å². The van der Waals surface area contributed by atoms with E-state index >= 15 is 0 Å². The first-order valence-electron chi connectivity index (χ1n) is 6.17. The fourth-order valence-electron chi connectivity index (χ4n) is 2.75. The lowest BCUT2D eigenvalue weighted by Crippen LogP contribution is -2.48. The van der Waals surface area contributed by atoms with Crippen LogP contribution in [0.5, 0.6) is 0 Å². The Bertz CT molecular complexity index is 262. The molecule has 1 rings (SSSR count). The van der Waals surface area contributed by atoms with Crippen LogP contribution in [0.3, 0.4) is 0 Å². The van der Waals surface area contributed by atoms with E-state index in [1.807, 2.05) is 0 Å². The number of ether oxygens (including phenoxy) is 1. The minimum absolute atomic E-state index is 0.151. The van der Waals surface area contributed by atoms with E-state index in [9.17, 15) is 9.90 Å². The molecule has 1 fully saturated rings. The summed E-state index contributed by atoms with van der Waals surface area (Å²) in [5, 5.41) is 10.9. The predicted octanol–water partition coefficient (Wildman–Crippen LogP) is 1.75. The smallest absolute Gasteiger partial charge is 0.0657 e. The summed E-state index contributed by atoms with van der Waals surface area (Å²) < 4.78 is 5.79. The zero-order valence-corrected chi connectivity index (χ0v) is 10.8. The summed E-state index contributed by atoms with van der Waals surface area (Å²) in [5.41, 5.74) is -0.320. The molecule has 1 saturated heterocycles. The highest BCUT2D eigenvalue weighted by Gasteiger charge is 2.44. The van der Waals surface area contributed by atoms with Gasteiger partial charge in [0.15, 0.2) is 0 Å². The van der Waals surface area contributed by atoms with Crippen LogP contribution in [0.15, 0.2) is 0 Å². The van der Waals surface area contributed by atoms with Gasteiger partial charge in [-0.25, -0.2) is 0 Å². The third-order valence-corrected chi connectivity index (χ3v) is 4.25. The summed E-state index contributed by atoms with van der Waals surface area (Å²) in [5.74, 6) is -0.589. The Labute approximate surface area is 98.2 Å². The van der Waals surface area contributed by atoms with Crippen LogP contribution in [0.25, 0.3) is 0 Å². The predicted molar refractivity (Wildman–Crippen MR) is 60.8 cm³/mol. The van der Waals surface area contributed by atoms with Crippen molar-refractivity contribution in [2.45, 2.75) is 59.0 Å². The van der Waals surface area contributed by atoms with Gasteiger partial charge in [0.2, 0.25) is 0 Å². The first-order valence-corrected chi connectivity index (χ1v) is 6.17. The lowest BCUT2D eigenvalue weighted by molar-refractivity contribution is -0.310. The van der Waals surface area contributed by atoms with E-state index in [0.29, 0.717) is 12.5 Å². The number of rotatable bonds is 4. The van der Waals surface area contributed by atoms with Gasteiger partial charge in [0.25, 0.3) is 0 Å². The van der Waals surface area contributed by atoms with Gasteiger partial charge in [0.05, 0.1) is 5.60 Å². The van der Waals surface area contributed by atoms with Crippen LogP contribution in [0.1, 0.15) is 53.4 Å². The number of hydrogen-bond acceptors (Lipinski definition) is 3. The highest BCUT2D eigenvalue weighted by molar-refractivity contribution is 5.65. The first-order chi connectivity index (χ1) is 7.33. The maximum Gasteiger partial charge on any atom is 0.0657 e. The van der Waals surface area contributed by atoms with Gasteiger partial charge in [0.1, 0.15) is 0 Å². The fraction of sp³-hybridized carbons (Fsp3) is 0.923. The van der Waals surface area contributed by atoms with Gasteiger partial charge in [0, 0.05) is 12.6 Å². The number of carbonyl (C=O) groups is 1. The Morgan fingerprint density at radius 3 is 2.56 bits per heavy atom. The standard InChI is InChI=1S/C13H24O3/c1-5-12(4)9-13(10(2)3,6-7-16-12)8-11(14)15/h10H,5-9H2,1-4H3,(H,14,15)/p-1/t12-,13+/m1/s1. The molecule has 3 nitrogen and oxygen atoms in total. The molecule has 0 unspecified atom stereocenters. The molecule has 16 heavy (non-hydrogen) atoms. The molecule has 0 aromatic heterocycles. The molecule has 1 aliphatic heterocycles. The molecule has 94 valence electrons. The van der Waals surface area contributed by atoms with Crippen molar-refractivity contribution in [1.29, 1.82) is 0 Å². The second-order valence-electron chi connectivity index (χ2n) is 5.64. The normalized spacial score (nSPS) is 35.3. The van der Waals surface area contributed by atoms with Crippen LogP contribution in [-0.4, -0.2) is 18.2 Å². The third-order valence-electron chi connectivity index (χ3n) is 4.25. The first kappa shape index (κ1) is 13.5. The molecule has 3 heteroatoms. The number of hydrogen-bond donors (Lipinski definition) is 0. The maximum atomic E-state index is 10.9. The van der Waals surface area contributed by atoms with Gasteiger partial charge in [-0.15, -0.1) is 0 Å². The van der Waals surface area contributed by atoms with Crippen molar-refractivity contribution in [1.82, 2.24) is 0 Å². The quantitative estimate of drug-likeness (QED) is 0.735. The molecule has 0 saturated carbocycles. The summed E-state index contributed by atoms with van der Waals surface area (Å²) in [4.78, 5) is 10.9. The number of carbonyl (C=O) groups excluding carboxylic acids is 1. The average molecular weight is 227 g/mol. The van der Waals surface area contributed by atoms with Gasteiger partial charge < -0.3 is 14.6 Å². The molecule has 0 aromatic rings. The molecular weight excluding hydrogens is 204 g/mol. The molecule has 0 spiro atoms. The monoisotopic (exact) mass is 227 g/mol. The SMILES string of the molecule is CC[C@]1(C)C[C@](CC(=O)[O-])(C(C)C)CCO1. The largest absolute Gasteiger partial charge is 0.550 e. The molecule has 0 N–H and O–H groups in total. The van der Waals surface area contributed by atoms with E-state index in [-0.39, 0.29) is 17.4 Å². The van der Waals surface area contributed by atoms with Crippen molar-refractivity contribution in [2.24, 2.45) is 11.3 Å². The molecule has 1 heterocycles. The van der Waals surface area contributed by atoms with E-state index in [4.69, 9.17) is 4.74 Å². The van der Waals surface area contributed by atoms with Gasteiger partial charge in [-0.1, -0.05) is 20.8 Å². The van der Waals surface area contributed by atoms with Crippen molar-refractivity contribution in [2.75, 3.05) is 6.61 Å². The summed E-state index contributed by atoms with van der Waals surface area (Å²) in [6.07, 6.45) is 2.73. The average Bonchev–Trinajstić information content (AvgIpc) is 2.16. The molecule has 1 aliphatic rings. The molecule has 0 aliphatic carbocycles. The molecule has 0 bridgehead atoms. The van der Waals surface area contributed by atoms with Crippen LogP contribution < -0.4 is 5.11 Å². The zero-order chi connectivity index (χ0) is 12.4. The van der Waals surface area contributed by atoms with Crippen LogP contribution in [0, 0.1) is 11.3 Å². The van der Waals surface area contributed by atoms with Gasteiger partial charge >= 0.3 is 0 Å². The highest BCUT2D eigenvalue weighted by Crippen LogP contribution is 2.47. The fourth-order valence-corrected chi connectivity index (χ4v) is 2.75. The van der Waals surface area contributed by atoms with Crippen LogP contribution in [0.2, 0.25) is 0 Å². The molecule has 2 atom stereocenters. The van der Waals surface area contributed by atoms with Crippen molar-refractivity contribution >= 4 is 5.97 Å². The van der Waals surface area contributed by atoms with E-state index in [0.717, 1.165) is 19.3 Å². The minimum Gasteiger partial charge on any atom is -0.550 e. The lowest BCUT2D eigenvalue weighted by atomic mass is 9.64. The Kier molecular flexibility index (Phi) is 4.00. The number of carboxylic acid groups (broad SMARTS) is 1. The second kappa shape index (κ2) is 4.74. The number of carboxylic acids is 1. The van der Waals surface area contributed by atoms with E-state index < -0.39 is 5.97 Å². The van der Waals surface area contributed by atoms with Crippen LogP contribution in [0.4, 0.5) is 0 Å². The third kappa shape index (κ3) is 2.76. The number of aliphatic carboxylic acids is 1. The molecule has 0 amide bonds. The Morgan fingerprint density at radius 1 is 1.50 bits per heavy atom. The summed E-state index contributed by atoms with van der Waals surface area (Å²) in [7, 11) is 0. The summed E-state index contributed by atoms with van der Waals surface area (Å²) in [6.45, 7) is 9.04. The van der Waals surface area contributed by atoms with Crippen molar-refractivity contribution in [3.63, 3.8) is 0 Å². The van der Waals surface area contributed by atoms with E-state index in [1.165, 1.54) is 0 Å². The maximum absolute atomic E-state index is 10.9. The van der Waals surface area contributed by atoms with Crippen molar-refractivity contribution in [3.05, 3.63) is 0 Å². The van der Waals surface area contributed by atoms with Gasteiger partial charge in [-0.2, -0.15) is 0 Å². The highest BCUT2D eigenvalue weighted by atomic mass is 16.5. The molecule has 0 radical (unpaired) electrons. The summed E-state index contributed by atoms with van der Waals surface area (Å²) in [6, 6.07) is 0. The molecular formula is C13H23O3-. The minimum atomic E-state index is -0.936. The van der Waals surface area contributed by atoms with E-state index in [2.05, 4.69) is 27.7 Å². The second-order valence-corrected chi connectivity index (χ2v) is 5.64. The van der Waals surface area contributed by atoms with Crippen LogP contribution in [-0.2, 0) is 9.53 Å². The Balaban J connectivity index is 2.88. The van der Waals surface area contributed by atoms with Crippen LogP contribution >= 0.6 is 0 Å². The van der Waals surface area contributed by atoms with E-state index in [1.54, 1.807) is 0 Å². The zero-order valence-electron chi connectivity index (χ0n) is 10.8.